The quantitative estimate of drug-likeness (QED) is 0.617. The first-order chi connectivity index (χ1) is 8.75. The fraction of sp³-hybridized carbons (Fsp3) is 0.143. The molecule has 1 heterocycles. The lowest BCUT2D eigenvalue weighted by atomic mass is 10.2. The summed E-state index contributed by atoms with van der Waals surface area (Å²) in [6.45, 7) is 4.00. The van der Waals surface area contributed by atoms with Crippen molar-refractivity contribution in [3.05, 3.63) is 41.4 Å². The number of aromatic hydroxyl groups is 1. The molecule has 0 atom stereocenters. The lowest BCUT2D eigenvalue weighted by molar-refractivity contribution is 0.480. The number of rotatable bonds is 0. The van der Waals surface area contributed by atoms with E-state index in [1.807, 2.05) is 38.1 Å². The van der Waals surface area contributed by atoms with Crippen LogP contribution in [-0.4, -0.2) is 15.1 Å². The molecule has 0 saturated carbocycles. The molecule has 0 aliphatic heterocycles. The van der Waals surface area contributed by atoms with Gasteiger partial charge in [-0.25, -0.2) is 9.97 Å². The fourth-order valence-electron chi connectivity index (χ4n) is 1.65. The lowest BCUT2D eigenvalue weighted by Crippen LogP contribution is -1.87. The molecule has 0 spiro atoms. The SMILES string of the molecule is CC.Oc1c(Cl)ccc2nc3ccccc3nc12. The van der Waals surface area contributed by atoms with E-state index < -0.39 is 0 Å². The Hall–Kier alpha value is -1.87. The predicted octanol–water partition coefficient (Wildman–Crippen LogP) is 4.17. The monoisotopic (exact) mass is 260 g/mol. The van der Waals surface area contributed by atoms with E-state index in [0.29, 0.717) is 11.0 Å². The molecule has 4 heteroatoms. The molecule has 3 nitrogen and oxygen atoms in total. The number of benzene rings is 2. The second kappa shape index (κ2) is 5.19. The third-order valence-electron chi connectivity index (χ3n) is 2.44. The highest BCUT2D eigenvalue weighted by Crippen LogP contribution is 2.30. The third-order valence-corrected chi connectivity index (χ3v) is 2.74. The smallest absolute Gasteiger partial charge is 0.162 e. The molecule has 0 fully saturated rings. The van der Waals surface area contributed by atoms with Crippen LogP contribution in [0.2, 0.25) is 5.02 Å². The number of aromatic nitrogens is 2. The summed E-state index contributed by atoms with van der Waals surface area (Å²) in [5.41, 5.74) is 2.62. The maximum absolute atomic E-state index is 9.78. The number of phenolic OH excluding ortho intramolecular Hbond substituents is 1. The molecule has 0 aliphatic rings. The first kappa shape index (κ1) is 12.6. The number of phenols is 1. The summed E-state index contributed by atoms with van der Waals surface area (Å²) in [4.78, 5) is 8.74. The Labute approximate surface area is 110 Å². The molecule has 0 aliphatic carbocycles. The summed E-state index contributed by atoms with van der Waals surface area (Å²) in [6, 6.07) is 10.9. The Bertz CT molecular complexity index is 698. The normalized spacial score (nSPS) is 10.2. The zero-order chi connectivity index (χ0) is 13.1. The van der Waals surface area contributed by atoms with Gasteiger partial charge in [-0.2, -0.15) is 0 Å². The van der Waals surface area contributed by atoms with Crippen LogP contribution in [0.15, 0.2) is 36.4 Å². The highest BCUT2D eigenvalue weighted by Gasteiger charge is 2.08. The van der Waals surface area contributed by atoms with E-state index >= 15 is 0 Å². The van der Waals surface area contributed by atoms with Crippen LogP contribution in [-0.2, 0) is 0 Å². The van der Waals surface area contributed by atoms with Crippen molar-refractivity contribution < 1.29 is 5.11 Å². The number of fused-ring (bicyclic) bond motifs is 2. The number of hydrogen-bond donors (Lipinski definition) is 1. The summed E-state index contributed by atoms with van der Waals surface area (Å²) in [5, 5.41) is 10.1. The predicted molar refractivity (Wildman–Crippen MR) is 75.1 cm³/mol. The second-order valence-corrected chi connectivity index (χ2v) is 3.88. The van der Waals surface area contributed by atoms with Crippen LogP contribution in [0.5, 0.6) is 5.75 Å². The molecule has 0 bridgehead atoms. The minimum Gasteiger partial charge on any atom is -0.504 e. The molecule has 0 amide bonds. The molecular weight excluding hydrogens is 248 g/mol. The van der Waals surface area contributed by atoms with Crippen LogP contribution < -0.4 is 0 Å². The molecule has 2 aromatic carbocycles. The topological polar surface area (TPSA) is 46.0 Å². The third kappa shape index (κ3) is 2.09. The summed E-state index contributed by atoms with van der Waals surface area (Å²) in [5.74, 6) is -0.0163. The fourth-order valence-corrected chi connectivity index (χ4v) is 1.80. The molecule has 3 aromatic rings. The van der Waals surface area contributed by atoms with Crippen molar-refractivity contribution >= 4 is 33.7 Å². The van der Waals surface area contributed by atoms with Gasteiger partial charge in [0.15, 0.2) is 5.75 Å². The highest BCUT2D eigenvalue weighted by atomic mass is 35.5. The second-order valence-electron chi connectivity index (χ2n) is 3.48. The van der Waals surface area contributed by atoms with E-state index in [-0.39, 0.29) is 10.8 Å². The standard InChI is InChI=1S/C12H7ClN2O.C2H6/c13-7-5-6-10-11(12(7)16)15-9-4-2-1-3-8(9)14-10;1-2/h1-6,16H;1-2H3. The van der Waals surface area contributed by atoms with Crippen molar-refractivity contribution in [3.63, 3.8) is 0 Å². The van der Waals surface area contributed by atoms with Gasteiger partial charge < -0.3 is 5.11 Å². The van der Waals surface area contributed by atoms with Crippen molar-refractivity contribution in [1.82, 2.24) is 9.97 Å². The number of nitrogens with zero attached hydrogens (tertiary/aromatic N) is 2. The first-order valence-electron chi connectivity index (χ1n) is 5.80. The van der Waals surface area contributed by atoms with Crippen LogP contribution in [0, 0.1) is 0 Å². The van der Waals surface area contributed by atoms with Crippen LogP contribution in [0.1, 0.15) is 13.8 Å². The van der Waals surface area contributed by atoms with Gasteiger partial charge in [-0.15, -0.1) is 0 Å². The Morgan fingerprint density at radius 1 is 0.889 bits per heavy atom. The largest absolute Gasteiger partial charge is 0.504 e. The van der Waals surface area contributed by atoms with E-state index in [9.17, 15) is 5.11 Å². The number of halogens is 1. The molecule has 1 N–H and O–H groups in total. The van der Waals surface area contributed by atoms with Crippen LogP contribution >= 0.6 is 11.6 Å². The van der Waals surface area contributed by atoms with E-state index in [2.05, 4.69) is 9.97 Å². The average Bonchev–Trinajstić information content (AvgIpc) is 2.44. The van der Waals surface area contributed by atoms with Crippen molar-refractivity contribution in [2.45, 2.75) is 13.8 Å². The highest BCUT2D eigenvalue weighted by molar-refractivity contribution is 6.33. The van der Waals surface area contributed by atoms with Gasteiger partial charge in [0.25, 0.3) is 0 Å². The first-order valence-corrected chi connectivity index (χ1v) is 6.17. The zero-order valence-corrected chi connectivity index (χ0v) is 10.9. The Morgan fingerprint density at radius 3 is 2.17 bits per heavy atom. The number of para-hydroxylation sites is 2. The average molecular weight is 261 g/mol. The molecule has 18 heavy (non-hydrogen) atoms. The molecule has 3 rings (SSSR count). The van der Waals surface area contributed by atoms with Crippen LogP contribution in [0.4, 0.5) is 0 Å². The van der Waals surface area contributed by atoms with Crippen LogP contribution in [0.25, 0.3) is 22.1 Å². The summed E-state index contributed by atoms with van der Waals surface area (Å²) in [7, 11) is 0. The summed E-state index contributed by atoms with van der Waals surface area (Å²) < 4.78 is 0. The van der Waals surface area contributed by atoms with E-state index in [1.165, 1.54) is 0 Å². The molecule has 92 valence electrons. The van der Waals surface area contributed by atoms with Gasteiger partial charge in [-0.3, -0.25) is 0 Å². The molecule has 0 radical (unpaired) electrons. The summed E-state index contributed by atoms with van der Waals surface area (Å²) >= 11 is 5.82. The Kier molecular flexibility index (Phi) is 3.63. The zero-order valence-electron chi connectivity index (χ0n) is 10.2. The van der Waals surface area contributed by atoms with E-state index in [4.69, 9.17) is 11.6 Å². The number of hydrogen-bond acceptors (Lipinski definition) is 3. The van der Waals surface area contributed by atoms with Gasteiger partial charge in [0.1, 0.15) is 5.52 Å². The van der Waals surface area contributed by atoms with Crippen molar-refractivity contribution in [2.24, 2.45) is 0 Å². The summed E-state index contributed by atoms with van der Waals surface area (Å²) in [6.07, 6.45) is 0. The van der Waals surface area contributed by atoms with Crippen LogP contribution in [0.3, 0.4) is 0 Å². The van der Waals surface area contributed by atoms with Crippen molar-refractivity contribution in [1.29, 1.82) is 0 Å². The van der Waals surface area contributed by atoms with Gasteiger partial charge in [-0.1, -0.05) is 37.6 Å². The van der Waals surface area contributed by atoms with Gasteiger partial charge in [0, 0.05) is 0 Å². The maximum Gasteiger partial charge on any atom is 0.162 e. The maximum atomic E-state index is 9.78. The van der Waals surface area contributed by atoms with Crippen molar-refractivity contribution in [3.8, 4) is 5.75 Å². The molecular formula is C14H13ClN2O. The Morgan fingerprint density at radius 2 is 1.50 bits per heavy atom. The lowest BCUT2D eigenvalue weighted by Gasteiger charge is -2.03. The molecule has 0 saturated heterocycles. The van der Waals surface area contributed by atoms with Crippen molar-refractivity contribution in [2.75, 3.05) is 0 Å². The van der Waals surface area contributed by atoms with Gasteiger partial charge in [0.05, 0.1) is 21.6 Å². The van der Waals surface area contributed by atoms with E-state index in [0.717, 1.165) is 11.0 Å². The van der Waals surface area contributed by atoms with Gasteiger partial charge in [0.2, 0.25) is 0 Å². The van der Waals surface area contributed by atoms with Gasteiger partial charge >= 0.3 is 0 Å². The molecule has 0 unspecified atom stereocenters. The van der Waals surface area contributed by atoms with E-state index in [1.54, 1.807) is 12.1 Å². The minimum atomic E-state index is -0.0163. The van der Waals surface area contributed by atoms with Gasteiger partial charge in [-0.05, 0) is 24.3 Å². The minimum absolute atomic E-state index is 0.0163. The Balaban J connectivity index is 0.000000574. The molecule has 1 aromatic heterocycles.